The Hall–Kier alpha value is -1.22. The van der Waals surface area contributed by atoms with Crippen LogP contribution in [-0.4, -0.2) is 19.8 Å². The zero-order valence-electron chi connectivity index (χ0n) is 12.9. The lowest BCUT2D eigenvalue weighted by atomic mass is 10.1. The molecule has 3 nitrogen and oxygen atoms in total. The summed E-state index contributed by atoms with van der Waals surface area (Å²) in [6.45, 7) is 5.93. The SMILES string of the molecule is COc1cccc(CNC(C)C)c1OCC1CCCC1. The van der Waals surface area contributed by atoms with Crippen molar-refractivity contribution in [1.82, 2.24) is 5.32 Å². The van der Waals surface area contributed by atoms with Gasteiger partial charge in [0.05, 0.1) is 13.7 Å². The van der Waals surface area contributed by atoms with Crippen LogP contribution in [0.5, 0.6) is 11.5 Å². The molecular weight excluding hydrogens is 250 g/mol. The van der Waals surface area contributed by atoms with Gasteiger partial charge in [0, 0.05) is 18.2 Å². The Kier molecular flexibility index (Phi) is 5.72. The molecule has 0 bridgehead atoms. The second-order valence-electron chi connectivity index (χ2n) is 5.95. The first-order chi connectivity index (χ1) is 9.70. The highest BCUT2D eigenvalue weighted by molar-refractivity contribution is 5.46. The maximum Gasteiger partial charge on any atom is 0.165 e. The van der Waals surface area contributed by atoms with Crippen molar-refractivity contribution in [3.63, 3.8) is 0 Å². The Balaban J connectivity index is 2.05. The minimum Gasteiger partial charge on any atom is -0.493 e. The molecule has 0 unspecified atom stereocenters. The van der Waals surface area contributed by atoms with Crippen LogP contribution in [0.15, 0.2) is 18.2 Å². The van der Waals surface area contributed by atoms with Crippen LogP contribution in [0.4, 0.5) is 0 Å². The standard InChI is InChI=1S/C17H27NO2/c1-13(2)18-11-15-9-6-10-16(19-3)17(15)20-12-14-7-4-5-8-14/h6,9-10,13-14,18H,4-5,7-8,11-12H2,1-3H3. The summed E-state index contributed by atoms with van der Waals surface area (Å²) in [7, 11) is 1.71. The molecule has 0 spiro atoms. The van der Waals surface area contributed by atoms with Gasteiger partial charge in [-0.05, 0) is 24.8 Å². The average molecular weight is 277 g/mol. The number of methoxy groups -OCH3 is 1. The number of para-hydroxylation sites is 1. The molecule has 20 heavy (non-hydrogen) atoms. The van der Waals surface area contributed by atoms with Crippen LogP contribution >= 0.6 is 0 Å². The molecule has 1 aliphatic carbocycles. The molecule has 2 rings (SSSR count). The Morgan fingerprint density at radius 2 is 2.00 bits per heavy atom. The highest BCUT2D eigenvalue weighted by Crippen LogP contribution is 2.33. The van der Waals surface area contributed by atoms with Crippen LogP contribution < -0.4 is 14.8 Å². The predicted octanol–water partition coefficient (Wildman–Crippen LogP) is 3.76. The summed E-state index contributed by atoms with van der Waals surface area (Å²) in [6, 6.07) is 6.58. The van der Waals surface area contributed by atoms with Gasteiger partial charge in [0.15, 0.2) is 11.5 Å². The highest BCUT2D eigenvalue weighted by Gasteiger charge is 2.18. The first kappa shape index (κ1) is 15.2. The van der Waals surface area contributed by atoms with Crippen molar-refractivity contribution < 1.29 is 9.47 Å². The van der Waals surface area contributed by atoms with Gasteiger partial charge >= 0.3 is 0 Å². The Morgan fingerprint density at radius 1 is 1.25 bits per heavy atom. The number of rotatable bonds is 7. The lowest BCUT2D eigenvalue weighted by Crippen LogP contribution is -2.22. The van der Waals surface area contributed by atoms with E-state index in [0.717, 1.165) is 24.7 Å². The average Bonchev–Trinajstić information content (AvgIpc) is 2.96. The van der Waals surface area contributed by atoms with Crippen molar-refractivity contribution in [2.24, 2.45) is 5.92 Å². The largest absolute Gasteiger partial charge is 0.493 e. The summed E-state index contributed by atoms with van der Waals surface area (Å²) >= 11 is 0. The summed E-state index contributed by atoms with van der Waals surface area (Å²) < 4.78 is 11.6. The number of nitrogens with one attached hydrogen (secondary N) is 1. The van der Waals surface area contributed by atoms with Crippen molar-refractivity contribution in [3.05, 3.63) is 23.8 Å². The molecule has 0 aliphatic heterocycles. The zero-order chi connectivity index (χ0) is 14.4. The molecule has 1 aromatic carbocycles. The lowest BCUT2D eigenvalue weighted by Gasteiger charge is -2.18. The van der Waals surface area contributed by atoms with Gasteiger partial charge < -0.3 is 14.8 Å². The molecule has 1 aliphatic rings. The molecule has 0 aromatic heterocycles. The second-order valence-corrected chi connectivity index (χ2v) is 5.95. The molecule has 1 aromatic rings. The Bertz CT molecular complexity index is 411. The van der Waals surface area contributed by atoms with E-state index in [4.69, 9.17) is 9.47 Å². The third-order valence-corrected chi connectivity index (χ3v) is 3.92. The van der Waals surface area contributed by atoms with E-state index in [0.29, 0.717) is 12.0 Å². The van der Waals surface area contributed by atoms with Crippen LogP contribution in [0.25, 0.3) is 0 Å². The van der Waals surface area contributed by atoms with Crippen molar-refractivity contribution in [1.29, 1.82) is 0 Å². The van der Waals surface area contributed by atoms with Crippen molar-refractivity contribution >= 4 is 0 Å². The van der Waals surface area contributed by atoms with Crippen LogP contribution in [0.1, 0.15) is 45.1 Å². The van der Waals surface area contributed by atoms with E-state index in [-0.39, 0.29) is 0 Å². The normalized spacial score (nSPS) is 15.8. The van der Waals surface area contributed by atoms with Crippen LogP contribution in [0.3, 0.4) is 0 Å². The van der Waals surface area contributed by atoms with Crippen molar-refractivity contribution in [2.45, 2.75) is 52.1 Å². The molecule has 3 heteroatoms. The van der Waals surface area contributed by atoms with Crippen LogP contribution in [0.2, 0.25) is 0 Å². The lowest BCUT2D eigenvalue weighted by molar-refractivity contribution is 0.238. The highest BCUT2D eigenvalue weighted by atomic mass is 16.5. The molecule has 1 N–H and O–H groups in total. The van der Waals surface area contributed by atoms with Crippen molar-refractivity contribution in [2.75, 3.05) is 13.7 Å². The van der Waals surface area contributed by atoms with Gasteiger partial charge in [0.1, 0.15) is 0 Å². The molecule has 0 saturated heterocycles. The zero-order valence-corrected chi connectivity index (χ0v) is 12.9. The third-order valence-electron chi connectivity index (χ3n) is 3.92. The molecule has 0 atom stereocenters. The monoisotopic (exact) mass is 277 g/mol. The van der Waals surface area contributed by atoms with Gasteiger partial charge in [0.2, 0.25) is 0 Å². The van der Waals surface area contributed by atoms with Crippen LogP contribution in [0, 0.1) is 5.92 Å². The molecule has 1 saturated carbocycles. The van der Waals surface area contributed by atoms with E-state index in [2.05, 4.69) is 25.2 Å². The topological polar surface area (TPSA) is 30.5 Å². The first-order valence-corrected chi connectivity index (χ1v) is 7.72. The van der Waals surface area contributed by atoms with Gasteiger partial charge in [-0.2, -0.15) is 0 Å². The fourth-order valence-corrected chi connectivity index (χ4v) is 2.72. The van der Waals surface area contributed by atoms with E-state index in [9.17, 15) is 0 Å². The fraction of sp³-hybridized carbons (Fsp3) is 0.647. The minimum atomic E-state index is 0.462. The molecule has 1 fully saturated rings. The van der Waals surface area contributed by atoms with Crippen molar-refractivity contribution in [3.8, 4) is 11.5 Å². The molecule has 0 heterocycles. The van der Waals surface area contributed by atoms with Gasteiger partial charge in [-0.15, -0.1) is 0 Å². The second kappa shape index (κ2) is 7.53. The maximum absolute atomic E-state index is 6.11. The molecule has 0 amide bonds. The number of benzene rings is 1. The van der Waals surface area contributed by atoms with E-state index >= 15 is 0 Å². The summed E-state index contributed by atoms with van der Waals surface area (Å²) in [5, 5.41) is 3.45. The molecule has 0 radical (unpaired) electrons. The van der Waals surface area contributed by atoms with E-state index in [1.54, 1.807) is 7.11 Å². The van der Waals surface area contributed by atoms with Gasteiger partial charge in [-0.25, -0.2) is 0 Å². The van der Waals surface area contributed by atoms with E-state index in [1.165, 1.54) is 31.2 Å². The number of hydrogen-bond donors (Lipinski definition) is 1. The fourth-order valence-electron chi connectivity index (χ4n) is 2.72. The maximum atomic E-state index is 6.11. The van der Waals surface area contributed by atoms with Crippen LogP contribution in [-0.2, 0) is 6.54 Å². The predicted molar refractivity (Wildman–Crippen MR) is 82.4 cm³/mol. The molecular formula is C17H27NO2. The number of ether oxygens (including phenoxy) is 2. The van der Waals surface area contributed by atoms with E-state index < -0.39 is 0 Å². The molecule has 112 valence electrons. The summed E-state index contributed by atoms with van der Waals surface area (Å²) in [5.41, 5.74) is 1.18. The van der Waals surface area contributed by atoms with E-state index in [1.807, 2.05) is 12.1 Å². The summed E-state index contributed by atoms with van der Waals surface area (Å²) in [6.07, 6.45) is 5.30. The smallest absolute Gasteiger partial charge is 0.165 e. The minimum absolute atomic E-state index is 0.462. The Labute approximate surface area is 122 Å². The summed E-state index contributed by atoms with van der Waals surface area (Å²) in [5.74, 6) is 2.46. The van der Waals surface area contributed by atoms with Gasteiger partial charge in [-0.1, -0.05) is 38.8 Å². The summed E-state index contributed by atoms with van der Waals surface area (Å²) in [4.78, 5) is 0. The third kappa shape index (κ3) is 4.14. The quantitative estimate of drug-likeness (QED) is 0.823. The number of hydrogen-bond acceptors (Lipinski definition) is 3. The first-order valence-electron chi connectivity index (χ1n) is 7.72. The van der Waals surface area contributed by atoms with Gasteiger partial charge in [-0.3, -0.25) is 0 Å². The van der Waals surface area contributed by atoms with Gasteiger partial charge in [0.25, 0.3) is 0 Å². The Morgan fingerprint density at radius 3 is 2.65 bits per heavy atom.